The number of hydrogen-bond acceptors (Lipinski definition) is 5. The van der Waals surface area contributed by atoms with E-state index in [4.69, 9.17) is 23.8 Å². The molecule has 0 atom stereocenters. The molecule has 12 rings (SSSR count). The van der Waals surface area contributed by atoms with Crippen molar-refractivity contribution < 1.29 is 8.83 Å². The van der Waals surface area contributed by atoms with E-state index in [1.165, 1.54) is 10.8 Å². The Labute approximate surface area is 325 Å². The van der Waals surface area contributed by atoms with E-state index >= 15 is 0 Å². The number of fused-ring (bicyclic) bond motifs is 9. The van der Waals surface area contributed by atoms with Crippen LogP contribution in [0.15, 0.2) is 191 Å². The van der Waals surface area contributed by atoms with Crippen molar-refractivity contribution in [3.05, 3.63) is 182 Å². The summed E-state index contributed by atoms with van der Waals surface area (Å²) in [6.45, 7) is 0. The Balaban J connectivity index is 1.09. The SMILES string of the molecule is c1ccc(-c2nc(-c3ccc4oc5cccc(-c6cccc7c6c6ccccc6n7-c6ccccc6)c5c4c3)nc(-c3cccc4c3oc3ccccc34)n2)cc1. The van der Waals surface area contributed by atoms with Crippen LogP contribution in [0.3, 0.4) is 0 Å². The number of benzene rings is 8. The molecule has 0 fully saturated rings. The van der Waals surface area contributed by atoms with Crippen LogP contribution in [-0.2, 0) is 0 Å². The van der Waals surface area contributed by atoms with Gasteiger partial charge in [-0.05, 0) is 71.8 Å². The van der Waals surface area contributed by atoms with Gasteiger partial charge in [0.15, 0.2) is 17.5 Å². The van der Waals surface area contributed by atoms with Gasteiger partial charge in [0.25, 0.3) is 0 Å². The van der Waals surface area contributed by atoms with Crippen LogP contribution >= 0.6 is 0 Å². The van der Waals surface area contributed by atoms with Crippen molar-refractivity contribution in [1.82, 2.24) is 19.5 Å². The standard InChI is InChI=1S/C51H30N4O2/c1-3-14-31(15-4-1)49-52-50(54-51(53-49)39-23-11-22-37-34-18-8-10-26-43(34)57-48(37)39)32-28-29-44-40(30-32)47-36(21-13-27-45(47)56-44)35-20-12-25-42-46(35)38-19-7-9-24-41(38)55(42)33-16-5-2-6-17-33/h1-30H. The van der Waals surface area contributed by atoms with Crippen molar-refractivity contribution in [2.75, 3.05) is 0 Å². The predicted octanol–water partition coefficient (Wildman–Crippen LogP) is 13.4. The van der Waals surface area contributed by atoms with Gasteiger partial charge in [-0.15, -0.1) is 0 Å². The monoisotopic (exact) mass is 730 g/mol. The summed E-state index contributed by atoms with van der Waals surface area (Å²) in [7, 11) is 0. The van der Waals surface area contributed by atoms with Crippen LogP contribution in [-0.4, -0.2) is 19.5 Å². The van der Waals surface area contributed by atoms with E-state index in [0.717, 1.165) is 88.4 Å². The summed E-state index contributed by atoms with van der Waals surface area (Å²) in [6, 6.07) is 62.7. The summed E-state index contributed by atoms with van der Waals surface area (Å²) >= 11 is 0. The van der Waals surface area contributed by atoms with E-state index in [0.29, 0.717) is 17.5 Å². The zero-order chi connectivity index (χ0) is 37.5. The number of hydrogen-bond donors (Lipinski definition) is 0. The largest absolute Gasteiger partial charge is 0.456 e. The fourth-order valence-corrected chi connectivity index (χ4v) is 8.55. The van der Waals surface area contributed by atoms with Crippen molar-refractivity contribution in [2.24, 2.45) is 0 Å². The van der Waals surface area contributed by atoms with E-state index in [-0.39, 0.29) is 0 Å². The fraction of sp³-hybridized carbons (Fsp3) is 0. The zero-order valence-corrected chi connectivity index (χ0v) is 30.4. The fourth-order valence-electron chi connectivity index (χ4n) is 8.55. The average Bonchev–Trinajstić information content (AvgIpc) is 3.96. The van der Waals surface area contributed by atoms with Gasteiger partial charge in [-0.2, -0.15) is 0 Å². The van der Waals surface area contributed by atoms with E-state index in [2.05, 4.69) is 114 Å². The Morgan fingerprint density at radius 3 is 1.81 bits per heavy atom. The van der Waals surface area contributed by atoms with Gasteiger partial charge < -0.3 is 13.4 Å². The third-order valence-electron chi connectivity index (χ3n) is 11.1. The van der Waals surface area contributed by atoms with Gasteiger partial charge in [0, 0.05) is 49.1 Å². The third-order valence-corrected chi connectivity index (χ3v) is 11.1. The molecule has 8 aromatic carbocycles. The Hall–Kier alpha value is -7.83. The molecule has 0 N–H and O–H groups in total. The quantitative estimate of drug-likeness (QED) is 0.176. The maximum absolute atomic E-state index is 6.57. The van der Waals surface area contributed by atoms with Crippen molar-refractivity contribution in [2.45, 2.75) is 0 Å². The molecule has 4 heterocycles. The van der Waals surface area contributed by atoms with Gasteiger partial charge in [0.1, 0.15) is 22.3 Å². The first-order valence-corrected chi connectivity index (χ1v) is 19.0. The molecule has 0 radical (unpaired) electrons. The molecule has 266 valence electrons. The second-order valence-electron chi connectivity index (χ2n) is 14.3. The van der Waals surface area contributed by atoms with Gasteiger partial charge in [0.2, 0.25) is 0 Å². The highest BCUT2D eigenvalue weighted by atomic mass is 16.3. The van der Waals surface area contributed by atoms with Gasteiger partial charge in [-0.25, -0.2) is 15.0 Å². The highest BCUT2D eigenvalue weighted by molar-refractivity contribution is 6.21. The Kier molecular flexibility index (Phi) is 6.83. The van der Waals surface area contributed by atoms with Gasteiger partial charge in [-0.3, -0.25) is 0 Å². The van der Waals surface area contributed by atoms with E-state index in [9.17, 15) is 0 Å². The van der Waals surface area contributed by atoms with Crippen LogP contribution < -0.4 is 0 Å². The molecule has 0 saturated heterocycles. The van der Waals surface area contributed by atoms with Crippen LogP contribution in [0.1, 0.15) is 0 Å². The topological polar surface area (TPSA) is 69.9 Å². The lowest BCUT2D eigenvalue weighted by Gasteiger charge is -2.10. The molecule has 0 bridgehead atoms. The summed E-state index contributed by atoms with van der Waals surface area (Å²) in [5, 5.41) is 6.51. The summed E-state index contributed by atoms with van der Waals surface area (Å²) in [6.07, 6.45) is 0. The molecular formula is C51H30N4O2. The molecule has 6 heteroatoms. The number of aromatic nitrogens is 4. The van der Waals surface area contributed by atoms with Crippen LogP contribution in [0.25, 0.3) is 117 Å². The highest BCUT2D eigenvalue weighted by Gasteiger charge is 2.21. The molecule has 0 spiro atoms. The molecule has 0 amide bonds. The average molecular weight is 731 g/mol. The van der Waals surface area contributed by atoms with E-state index in [1.54, 1.807) is 0 Å². The Bertz CT molecular complexity index is 3530. The molecule has 0 unspecified atom stereocenters. The highest BCUT2D eigenvalue weighted by Crippen LogP contribution is 2.44. The van der Waals surface area contributed by atoms with Crippen LogP contribution in [0.4, 0.5) is 0 Å². The third kappa shape index (κ3) is 4.87. The lowest BCUT2D eigenvalue weighted by molar-refractivity contribution is 0.669. The van der Waals surface area contributed by atoms with Crippen LogP contribution in [0, 0.1) is 0 Å². The predicted molar refractivity (Wildman–Crippen MR) is 230 cm³/mol. The molecule has 0 aliphatic heterocycles. The maximum Gasteiger partial charge on any atom is 0.167 e. The molecule has 0 aliphatic rings. The molecular weight excluding hydrogens is 701 g/mol. The molecule has 57 heavy (non-hydrogen) atoms. The second-order valence-corrected chi connectivity index (χ2v) is 14.3. The number of furan rings is 2. The second kappa shape index (κ2) is 12.3. The first-order valence-electron chi connectivity index (χ1n) is 19.0. The minimum atomic E-state index is 0.544. The van der Waals surface area contributed by atoms with Gasteiger partial charge in [-0.1, -0.05) is 121 Å². The summed E-state index contributed by atoms with van der Waals surface area (Å²) in [4.78, 5) is 15.3. The van der Waals surface area contributed by atoms with E-state index in [1.807, 2.05) is 72.8 Å². The van der Waals surface area contributed by atoms with Crippen molar-refractivity contribution in [3.63, 3.8) is 0 Å². The van der Waals surface area contributed by atoms with Crippen molar-refractivity contribution in [3.8, 4) is 51.0 Å². The molecule has 6 nitrogen and oxygen atoms in total. The lowest BCUT2D eigenvalue weighted by atomic mass is 9.95. The number of rotatable bonds is 5. The summed E-state index contributed by atoms with van der Waals surface area (Å²) in [5.74, 6) is 1.69. The first kappa shape index (κ1) is 31.5. The minimum absolute atomic E-state index is 0.544. The number of para-hydroxylation sites is 4. The van der Waals surface area contributed by atoms with Crippen LogP contribution in [0.2, 0.25) is 0 Å². The molecule has 12 aromatic rings. The summed E-state index contributed by atoms with van der Waals surface area (Å²) in [5.41, 5.74) is 11.4. The smallest absolute Gasteiger partial charge is 0.167 e. The maximum atomic E-state index is 6.57. The zero-order valence-electron chi connectivity index (χ0n) is 30.4. The van der Waals surface area contributed by atoms with E-state index < -0.39 is 0 Å². The normalized spacial score (nSPS) is 11.9. The first-order chi connectivity index (χ1) is 28.3. The van der Waals surface area contributed by atoms with Crippen molar-refractivity contribution >= 4 is 65.7 Å². The molecule has 0 aliphatic carbocycles. The molecule has 4 aromatic heterocycles. The van der Waals surface area contributed by atoms with Crippen molar-refractivity contribution in [1.29, 1.82) is 0 Å². The number of nitrogens with zero attached hydrogens (tertiary/aromatic N) is 4. The summed E-state index contributed by atoms with van der Waals surface area (Å²) < 4.78 is 15.4. The lowest BCUT2D eigenvalue weighted by Crippen LogP contribution is -2.00. The Morgan fingerprint density at radius 2 is 0.947 bits per heavy atom. The molecule has 0 saturated carbocycles. The van der Waals surface area contributed by atoms with Gasteiger partial charge in [0.05, 0.1) is 16.6 Å². The minimum Gasteiger partial charge on any atom is -0.456 e. The van der Waals surface area contributed by atoms with Crippen LogP contribution in [0.5, 0.6) is 0 Å². The van der Waals surface area contributed by atoms with Gasteiger partial charge >= 0.3 is 0 Å². The Morgan fingerprint density at radius 1 is 0.351 bits per heavy atom.